The van der Waals surface area contributed by atoms with Gasteiger partial charge in [-0.1, -0.05) is 12.1 Å². The lowest BCUT2D eigenvalue weighted by atomic mass is 10.0. The Labute approximate surface area is 158 Å². The largest absolute Gasteiger partial charge is 0.372 e. The molecular weight excluding hydrogens is 343 g/mol. The predicted molar refractivity (Wildman–Crippen MR) is 105 cm³/mol. The topological polar surface area (TPSA) is 64.3 Å². The van der Waals surface area contributed by atoms with Crippen LogP contribution < -0.4 is 10.6 Å². The minimum absolute atomic E-state index is 0.138. The predicted octanol–water partition coefficient (Wildman–Crippen LogP) is 3.51. The molecule has 2 aromatic heterocycles. The number of hydrogen-bond donors (Lipinski definition) is 1. The SMILES string of the molecule is C[C@@H]1CN(c2cccc(-c3ccc4cnc(CN)cc4c3F)n2)C[C@H](C)O1. The molecule has 0 bridgehead atoms. The first-order valence-electron chi connectivity index (χ1n) is 9.20. The zero-order valence-electron chi connectivity index (χ0n) is 15.5. The fourth-order valence-corrected chi connectivity index (χ4v) is 3.65. The molecule has 140 valence electrons. The first kappa shape index (κ1) is 17.8. The van der Waals surface area contributed by atoms with E-state index in [4.69, 9.17) is 15.5 Å². The molecule has 3 aromatic rings. The fraction of sp³-hybridized carbons (Fsp3) is 0.333. The van der Waals surface area contributed by atoms with Crippen LogP contribution in [0.25, 0.3) is 22.0 Å². The number of rotatable bonds is 3. The van der Waals surface area contributed by atoms with Gasteiger partial charge in [-0.25, -0.2) is 9.37 Å². The summed E-state index contributed by atoms with van der Waals surface area (Å²) in [4.78, 5) is 11.2. The van der Waals surface area contributed by atoms with Crippen molar-refractivity contribution < 1.29 is 9.13 Å². The van der Waals surface area contributed by atoms with E-state index in [2.05, 4.69) is 23.7 Å². The number of halogens is 1. The number of benzene rings is 1. The van der Waals surface area contributed by atoms with Gasteiger partial charge in [0.15, 0.2) is 0 Å². The average molecular weight is 366 g/mol. The fourth-order valence-electron chi connectivity index (χ4n) is 3.65. The van der Waals surface area contributed by atoms with Crippen LogP contribution in [-0.4, -0.2) is 35.3 Å². The molecule has 0 spiro atoms. The Hall–Kier alpha value is -2.57. The van der Waals surface area contributed by atoms with Crippen molar-refractivity contribution in [3.05, 3.63) is 54.1 Å². The third kappa shape index (κ3) is 3.50. The third-order valence-electron chi connectivity index (χ3n) is 4.86. The normalized spacial score (nSPS) is 20.2. The van der Waals surface area contributed by atoms with E-state index in [1.54, 1.807) is 18.3 Å². The van der Waals surface area contributed by atoms with Crippen molar-refractivity contribution in [1.29, 1.82) is 0 Å². The minimum Gasteiger partial charge on any atom is -0.372 e. The van der Waals surface area contributed by atoms with Crippen molar-refractivity contribution in [2.45, 2.75) is 32.6 Å². The molecule has 3 heterocycles. The Morgan fingerprint density at radius 2 is 1.96 bits per heavy atom. The zero-order chi connectivity index (χ0) is 19.0. The van der Waals surface area contributed by atoms with Crippen LogP contribution in [0.1, 0.15) is 19.5 Å². The monoisotopic (exact) mass is 366 g/mol. The molecule has 1 saturated heterocycles. The van der Waals surface area contributed by atoms with Crippen molar-refractivity contribution in [2.75, 3.05) is 18.0 Å². The van der Waals surface area contributed by atoms with Crippen molar-refractivity contribution in [1.82, 2.24) is 9.97 Å². The Bertz CT molecular complexity index is 968. The number of fused-ring (bicyclic) bond motifs is 1. The van der Waals surface area contributed by atoms with E-state index in [1.807, 2.05) is 24.3 Å². The smallest absolute Gasteiger partial charge is 0.140 e. The lowest BCUT2D eigenvalue weighted by Gasteiger charge is -2.36. The summed E-state index contributed by atoms with van der Waals surface area (Å²) in [6.45, 7) is 5.93. The van der Waals surface area contributed by atoms with Gasteiger partial charge in [-0.15, -0.1) is 0 Å². The summed E-state index contributed by atoms with van der Waals surface area (Å²) in [5, 5.41) is 1.27. The number of nitrogens with two attached hydrogens (primary N) is 1. The molecule has 0 aliphatic carbocycles. The number of nitrogens with zero attached hydrogens (tertiary/aromatic N) is 3. The first-order valence-corrected chi connectivity index (χ1v) is 9.20. The van der Waals surface area contributed by atoms with E-state index in [9.17, 15) is 0 Å². The lowest BCUT2D eigenvalue weighted by Crippen LogP contribution is -2.45. The molecular formula is C21H23FN4O. The average Bonchev–Trinajstić information content (AvgIpc) is 2.67. The van der Waals surface area contributed by atoms with Crippen molar-refractivity contribution in [3.63, 3.8) is 0 Å². The van der Waals surface area contributed by atoms with Crippen molar-refractivity contribution in [2.24, 2.45) is 5.73 Å². The van der Waals surface area contributed by atoms with E-state index >= 15 is 4.39 Å². The summed E-state index contributed by atoms with van der Waals surface area (Å²) < 4.78 is 21.0. The molecule has 0 amide bonds. The molecule has 27 heavy (non-hydrogen) atoms. The molecule has 4 rings (SSSR count). The van der Waals surface area contributed by atoms with Crippen LogP contribution in [0, 0.1) is 5.82 Å². The number of morpholine rings is 1. The molecule has 1 aliphatic heterocycles. The highest BCUT2D eigenvalue weighted by atomic mass is 19.1. The van der Waals surface area contributed by atoms with Gasteiger partial charge >= 0.3 is 0 Å². The van der Waals surface area contributed by atoms with Gasteiger partial charge in [0.25, 0.3) is 0 Å². The van der Waals surface area contributed by atoms with Crippen LogP contribution in [0.2, 0.25) is 0 Å². The standard InChI is InChI=1S/C21H23FN4O/c1-13-11-26(12-14(2)27-13)20-5-3-4-19(25-20)17-7-6-15-10-24-16(9-23)8-18(15)21(17)22/h3-8,10,13-14H,9,11-12,23H2,1-2H3/t13-,14+. The molecule has 0 unspecified atom stereocenters. The van der Waals surface area contributed by atoms with E-state index in [-0.39, 0.29) is 24.6 Å². The summed E-state index contributed by atoms with van der Waals surface area (Å²) in [6.07, 6.45) is 1.93. The maximum atomic E-state index is 15.2. The number of ether oxygens (including phenoxy) is 1. The van der Waals surface area contributed by atoms with E-state index in [0.29, 0.717) is 22.3 Å². The Kier molecular flexibility index (Phi) is 4.76. The van der Waals surface area contributed by atoms with Crippen molar-refractivity contribution in [3.8, 4) is 11.3 Å². The van der Waals surface area contributed by atoms with Gasteiger partial charge < -0.3 is 15.4 Å². The van der Waals surface area contributed by atoms with Crippen LogP contribution in [0.3, 0.4) is 0 Å². The van der Waals surface area contributed by atoms with Crippen LogP contribution in [0.4, 0.5) is 10.2 Å². The Morgan fingerprint density at radius 1 is 1.19 bits per heavy atom. The number of aromatic nitrogens is 2. The van der Waals surface area contributed by atoms with Crippen LogP contribution in [-0.2, 0) is 11.3 Å². The number of pyridine rings is 2. The van der Waals surface area contributed by atoms with Crippen LogP contribution in [0.5, 0.6) is 0 Å². The molecule has 6 heteroatoms. The second-order valence-electron chi connectivity index (χ2n) is 7.07. The van der Waals surface area contributed by atoms with E-state index < -0.39 is 0 Å². The van der Waals surface area contributed by atoms with Crippen LogP contribution in [0.15, 0.2) is 42.6 Å². The van der Waals surface area contributed by atoms with Crippen LogP contribution >= 0.6 is 0 Å². The van der Waals surface area contributed by atoms with Gasteiger partial charge in [-0.3, -0.25) is 4.98 Å². The molecule has 1 aliphatic rings. The van der Waals surface area contributed by atoms with Gasteiger partial charge in [0.1, 0.15) is 11.6 Å². The summed E-state index contributed by atoms with van der Waals surface area (Å²) >= 11 is 0. The minimum atomic E-state index is -0.294. The number of hydrogen-bond acceptors (Lipinski definition) is 5. The highest BCUT2D eigenvalue weighted by Crippen LogP contribution is 2.29. The quantitative estimate of drug-likeness (QED) is 0.768. The summed E-state index contributed by atoms with van der Waals surface area (Å²) in [5.74, 6) is 0.546. The summed E-state index contributed by atoms with van der Waals surface area (Å²) in [7, 11) is 0. The molecule has 0 saturated carbocycles. The second kappa shape index (κ2) is 7.21. The van der Waals surface area contributed by atoms with Crippen molar-refractivity contribution >= 4 is 16.6 Å². The van der Waals surface area contributed by atoms with Gasteiger partial charge in [-0.05, 0) is 38.1 Å². The lowest BCUT2D eigenvalue weighted by molar-refractivity contribution is -0.00545. The summed E-state index contributed by atoms with van der Waals surface area (Å²) in [6, 6.07) is 11.1. The Morgan fingerprint density at radius 3 is 2.70 bits per heavy atom. The van der Waals surface area contributed by atoms with Gasteiger partial charge in [0.2, 0.25) is 0 Å². The third-order valence-corrected chi connectivity index (χ3v) is 4.86. The molecule has 0 radical (unpaired) electrons. The molecule has 1 fully saturated rings. The molecule has 1 aromatic carbocycles. The maximum Gasteiger partial charge on any atom is 0.140 e. The van der Waals surface area contributed by atoms with Gasteiger partial charge in [0, 0.05) is 42.2 Å². The zero-order valence-corrected chi connectivity index (χ0v) is 15.5. The maximum absolute atomic E-state index is 15.2. The van der Waals surface area contributed by atoms with E-state index in [1.165, 1.54) is 0 Å². The second-order valence-corrected chi connectivity index (χ2v) is 7.07. The van der Waals surface area contributed by atoms with Gasteiger partial charge in [0.05, 0.1) is 23.6 Å². The van der Waals surface area contributed by atoms with Gasteiger partial charge in [-0.2, -0.15) is 0 Å². The first-order chi connectivity index (χ1) is 13.0. The molecule has 2 N–H and O–H groups in total. The highest BCUT2D eigenvalue weighted by molar-refractivity contribution is 5.87. The highest BCUT2D eigenvalue weighted by Gasteiger charge is 2.23. The van der Waals surface area contributed by atoms with E-state index in [0.717, 1.165) is 24.3 Å². The summed E-state index contributed by atoms with van der Waals surface area (Å²) in [5.41, 5.74) is 7.41. The number of anilines is 1. The molecule has 2 atom stereocenters. The Balaban J connectivity index is 1.74. The molecule has 5 nitrogen and oxygen atoms in total.